The van der Waals surface area contributed by atoms with Crippen LogP contribution in [0.2, 0.25) is 5.02 Å². The average molecular weight is 433 g/mol. The van der Waals surface area contributed by atoms with Gasteiger partial charge in [0.15, 0.2) is 0 Å². The fourth-order valence-electron chi connectivity index (χ4n) is 4.32. The van der Waals surface area contributed by atoms with Gasteiger partial charge in [-0.3, -0.25) is 4.98 Å². The van der Waals surface area contributed by atoms with Crippen molar-refractivity contribution in [2.24, 2.45) is 0 Å². The van der Waals surface area contributed by atoms with Gasteiger partial charge in [0, 0.05) is 53.7 Å². The summed E-state index contributed by atoms with van der Waals surface area (Å²) >= 11 is 9.98. The van der Waals surface area contributed by atoms with Crippen LogP contribution in [-0.2, 0) is 13.0 Å². The van der Waals surface area contributed by atoms with Gasteiger partial charge in [0.1, 0.15) is 11.6 Å². The van der Waals surface area contributed by atoms with Crippen LogP contribution in [0.15, 0.2) is 28.9 Å². The van der Waals surface area contributed by atoms with E-state index in [0.29, 0.717) is 10.9 Å². The van der Waals surface area contributed by atoms with Crippen molar-refractivity contribution < 1.29 is 0 Å². The minimum absolute atomic E-state index is 0.425. The third-order valence-electron chi connectivity index (χ3n) is 5.51. The Labute approximate surface area is 165 Å². The SMILES string of the molecule is Clc1cc(Br)cc2c(N3CCCC(c4nnc5n4CCC5)C3)ccnc12. The van der Waals surface area contributed by atoms with E-state index in [9.17, 15) is 0 Å². The molecule has 26 heavy (non-hydrogen) atoms. The third-order valence-corrected chi connectivity index (χ3v) is 6.25. The number of aryl methyl sites for hydroxylation is 1. The Hall–Kier alpha value is -1.66. The first-order valence-corrected chi connectivity index (χ1v) is 10.3. The number of fused-ring (bicyclic) bond motifs is 2. The van der Waals surface area contributed by atoms with E-state index in [1.165, 1.54) is 24.4 Å². The molecule has 3 aromatic rings. The van der Waals surface area contributed by atoms with Crippen LogP contribution in [0, 0.1) is 0 Å². The molecule has 0 N–H and O–H groups in total. The number of rotatable bonds is 2. The predicted molar refractivity (Wildman–Crippen MR) is 107 cm³/mol. The number of hydrogen-bond donors (Lipinski definition) is 0. The summed E-state index contributed by atoms with van der Waals surface area (Å²) in [6.45, 7) is 3.07. The van der Waals surface area contributed by atoms with Crippen molar-refractivity contribution in [2.45, 2.75) is 38.1 Å². The van der Waals surface area contributed by atoms with Gasteiger partial charge in [-0.25, -0.2) is 0 Å². The van der Waals surface area contributed by atoms with Crippen molar-refractivity contribution in [3.63, 3.8) is 0 Å². The highest BCUT2D eigenvalue weighted by Gasteiger charge is 2.29. The Morgan fingerprint density at radius 1 is 1.15 bits per heavy atom. The van der Waals surface area contributed by atoms with E-state index in [0.717, 1.165) is 53.7 Å². The molecular formula is C19H19BrClN5. The minimum atomic E-state index is 0.425. The fraction of sp³-hybridized carbons (Fsp3) is 0.421. The second-order valence-electron chi connectivity index (χ2n) is 7.13. The maximum absolute atomic E-state index is 6.41. The van der Waals surface area contributed by atoms with Gasteiger partial charge in [0.2, 0.25) is 0 Å². The predicted octanol–water partition coefficient (Wildman–Crippen LogP) is 4.57. The molecule has 0 aliphatic carbocycles. The van der Waals surface area contributed by atoms with E-state index in [4.69, 9.17) is 11.6 Å². The summed E-state index contributed by atoms with van der Waals surface area (Å²) in [6, 6.07) is 6.11. The van der Waals surface area contributed by atoms with E-state index in [-0.39, 0.29) is 0 Å². The minimum Gasteiger partial charge on any atom is -0.370 e. The molecule has 5 rings (SSSR count). The number of nitrogens with zero attached hydrogens (tertiary/aromatic N) is 5. The summed E-state index contributed by atoms with van der Waals surface area (Å²) in [5.74, 6) is 2.75. The standard InChI is InChI=1S/C19H19BrClN5/c20-13-9-14-16(5-6-22-18(14)15(21)10-13)25-7-1-3-12(11-25)19-24-23-17-4-2-8-26(17)19/h5-6,9-10,12H,1-4,7-8,11H2. The van der Waals surface area contributed by atoms with Crippen molar-refractivity contribution in [2.75, 3.05) is 18.0 Å². The van der Waals surface area contributed by atoms with Crippen molar-refractivity contribution in [1.29, 1.82) is 0 Å². The van der Waals surface area contributed by atoms with Gasteiger partial charge in [0.05, 0.1) is 10.5 Å². The molecule has 1 fully saturated rings. The first kappa shape index (κ1) is 16.5. The molecule has 1 aromatic carbocycles. The molecule has 1 unspecified atom stereocenters. The van der Waals surface area contributed by atoms with Gasteiger partial charge in [0.25, 0.3) is 0 Å². The van der Waals surface area contributed by atoms with Crippen LogP contribution in [0.1, 0.15) is 36.8 Å². The van der Waals surface area contributed by atoms with Gasteiger partial charge in [-0.2, -0.15) is 0 Å². The molecule has 1 saturated heterocycles. The zero-order valence-electron chi connectivity index (χ0n) is 14.3. The fourth-order valence-corrected chi connectivity index (χ4v) is 5.18. The second kappa shape index (κ2) is 6.50. The normalized spacial score (nSPS) is 19.9. The number of halogens is 2. The average Bonchev–Trinajstić information content (AvgIpc) is 3.25. The highest BCUT2D eigenvalue weighted by Crippen LogP contribution is 2.36. The lowest BCUT2D eigenvalue weighted by molar-refractivity contribution is 0.474. The molecule has 4 heterocycles. The topological polar surface area (TPSA) is 46.8 Å². The smallest absolute Gasteiger partial charge is 0.137 e. The molecule has 0 saturated carbocycles. The molecule has 134 valence electrons. The second-order valence-corrected chi connectivity index (χ2v) is 8.45. The zero-order chi connectivity index (χ0) is 17.7. The lowest BCUT2D eigenvalue weighted by Crippen LogP contribution is -2.35. The highest BCUT2D eigenvalue weighted by atomic mass is 79.9. The third kappa shape index (κ3) is 2.70. The van der Waals surface area contributed by atoms with Crippen molar-refractivity contribution >= 4 is 44.1 Å². The van der Waals surface area contributed by atoms with Gasteiger partial charge >= 0.3 is 0 Å². The molecule has 2 aromatic heterocycles. The van der Waals surface area contributed by atoms with Crippen LogP contribution in [0.5, 0.6) is 0 Å². The molecule has 0 radical (unpaired) electrons. The molecular weight excluding hydrogens is 414 g/mol. The molecule has 0 bridgehead atoms. The first-order chi connectivity index (χ1) is 12.7. The van der Waals surface area contributed by atoms with Crippen LogP contribution < -0.4 is 4.90 Å². The number of piperidine rings is 1. The monoisotopic (exact) mass is 431 g/mol. The van der Waals surface area contributed by atoms with E-state index >= 15 is 0 Å². The molecule has 5 nitrogen and oxygen atoms in total. The quantitative estimate of drug-likeness (QED) is 0.595. The Bertz CT molecular complexity index is 985. The van der Waals surface area contributed by atoms with E-state index in [1.54, 1.807) is 0 Å². The Balaban J connectivity index is 1.52. The Kier molecular flexibility index (Phi) is 4.13. The number of hydrogen-bond acceptors (Lipinski definition) is 4. The van der Waals surface area contributed by atoms with Crippen molar-refractivity contribution in [3.05, 3.63) is 45.5 Å². The highest BCUT2D eigenvalue weighted by molar-refractivity contribution is 9.10. The molecule has 1 atom stereocenters. The number of anilines is 1. The van der Waals surface area contributed by atoms with Gasteiger partial charge in [-0.05, 0) is 37.5 Å². The number of benzene rings is 1. The van der Waals surface area contributed by atoms with Crippen molar-refractivity contribution in [1.82, 2.24) is 19.7 Å². The van der Waals surface area contributed by atoms with Crippen LogP contribution in [-0.4, -0.2) is 32.8 Å². The molecule has 0 spiro atoms. The van der Waals surface area contributed by atoms with Crippen LogP contribution in [0.3, 0.4) is 0 Å². The zero-order valence-corrected chi connectivity index (χ0v) is 16.7. The van der Waals surface area contributed by atoms with Crippen LogP contribution in [0.4, 0.5) is 5.69 Å². The van der Waals surface area contributed by atoms with Crippen molar-refractivity contribution in [3.8, 4) is 0 Å². The van der Waals surface area contributed by atoms with Gasteiger partial charge < -0.3 is 9.47 Å². The van der Waals surface area contributed by atoms with Crippen LogP contribution >= 0.6 is 27.5 Å². The van der Waals surface area contributed by atoms with E-state index in [2.05, 4.69) is 52.7 Å². The summed E-state index contributed by atoms with van der Waals surface area (Å²) in [5, 5.41) is 10.7. The van der Waals surface area contributed by atoms with Gasteiger partial charge in [-0.15, -0.1) is 10.2 Å². The maximum atomic E-state index is 6.41. The van der Waals surface area contributed by atoms with Gasteiger partial charge in [-0.1, -0.05) is 27.5 Å². The molecule has 2 aliphatic rings. The van der Waals surface area contributed by atoms with Crippen LogP contribution in [0.25, 0.3) is 10.9 Å². The summed E-state index contributed by atoms with van der Waals surface area (Å²) < 4.78 is 3.32. The first-order valence-electron chi connectivity index (χ1n) is 9.11. The summed E-state index contributed by atoms with van der Waals surface area (Å²) in [5.41, 5.74) is 2.06. The lowest BCUT2D eigenvalue weighted by Gasteiger charge is -2.34. The van der Waals surface area contributed by atoms with E-state index in [1.807, 2.05) is 12.3 Å². The number of pyridine rings is 1. The summed E-state index contributed by atoms with van der Waals surface area (Å²) in [6.07, 6.45) is 6.43. The maximum Gasteiger partial charge on any atom is 0.137 e. The molecule has 2 aliphatic heterocycles. The Morgan fingerprint density at radius 2 is 2.08 bits per heavy atom. The summed E-state index contributed by atoms with van der Waals surface area (Å²) in [4.78, 5) is 6.94. The number of aromatic nitrogens is 4. The summed E-state index contributed by atoms with van der Waals surface area (Å²) in [7, 11) is 0. The largest absolute Gasteiger partial charge is 0.370 e. The molecule has 0 amide bonds. The van der Waals surface area contributed by atoms with E-state index < -0.39 is 0 Å². The Morgan fingerprint density at radius 3 is 3.00 bits per heavy atom. The lowest BCUT2D eigenvalue weighted by atomic mass is 9.96. The molecule has 7 heteroatoms.